The van der Waals surface area contributed by atoms with Crippen LogP contribution >= 0.6 is 23.2 Å². The Kier molecular flexibility index (Phi) is 5.54. The van der Waals surface area contributed by atoms with Gasteiger partial charge in [0.15, 0.2) is 6.29 Å². The summed E-state index contributed by atoms with van der Waals surface area (Å²) in [6, 6.07) is 8.80. The molecular formula is C16H12Cl2N2O4. The van der Waals surface area contributed by atoms with Gasteiger partial charge < -0.3 is 4.90 Å². The number of hydrogen-bond donors (Lipinski definition) is 0. The number of nitrogens with zero attached hydrogens (tertiary/aromatic N) is 2. The van der Waals surface area contributed by atoms with Gasteiger partial charge in [0.1, 0.15) is 5.56 Å². The van der Waals surface area contributed by atoms with Crippen molar-refractivity contribution in [1.82, 2.24) is 4.90 Å². The van der Waals surface area contributed by atoms with Gasteiger partial charge in [0.25, 0.3) is 11.6 Å². The Balaban J connectivity index is 2.42. The van der Waals surface area contributed by atoms with Crippen molar-refractivity contribution < 1.29 is 14.5 Å². The predicted octanol–water partition coefficient (Wildman–Crippen LogP) is 3.99. The zero-order valence-corrected chi connectivity index (χ0v) is 14.0. The average Bonchev–Trinajstić information content (AvgIpc) is 2.56. The zero-order chi connectivity index (χ0) is 17.9. The van der Waals surface area contributed by atoms with Crippen LogP contribution in [0.25, 0.3) is 0 Å². The molecule has 0 saturated heterocycles. The summed E-state index contributed by atoms with van der Waals surface area (Å²) in [5.74, 6) is -0.666. The molecule has 0 aliphatic heterocycles. The highest BCUT2D eigenvalue weighted by molar-refractivity contribution is 6.36. The Labute approximate surface area is 147 Å². The summed E-state index contributed by atoms with van der Waals surface area (Å²) < 4.78 is 0. The lowest BCUT2D eigenvalue weighted by molar-refractivity contribution is -0.385. The highest BCUT2D eigenvalue weighted by atomic mass is 35.5. The molecule has 1 amide bonds. The zero-order valence-electron chi connectivity index (χ0n) is 12.5. The van der Waals surface area contributed by atoms with E-state index in [1.165, 1.54) is 30.1 Å². The largest absolute Gasteiger partial charge is 0.337 e. The van der Waals surface area contributed by atoms with E-state index in [1.54, 1.807) is 18.2 Å². The van der Waals surface area contributed by atoms with Crippen molar-refractivity contribution in [2.75, 3.05) is 7.05 Å². The van der Waals surface area contributed by atoms with E-state index in [-0.39, 0.29) is 17.7 Å². The normalized spacial score (nSPS) is 10.3. The molecule has 2 aromatic carbocycles. The molecule has 0 unspecified atom stereocenters. The third kappa shape index (κ3) is 3.55. The predicted molar refractivity (Wildman–Crippen MR) is 90.7 cm³/mol. The molecular weight excluding hydrogens is 355 g/mol. The molecule has 0 aliphatic carbocycles. The molecule has 2 rings (SSSR count). The van der Waals surface area contributed by atoms with Crippen molar-refractivity contribution in [3.05, 3.63) is 73.2 Å². The van der Waals surface area contributed by atoms with Gasteiger partial charge in [0.05, 0.1) is 4.92 Å². The Morgan fingerprint density at radius 1 is 1.21 bits per heavy atom. The van der Waals surface area contributed by atoms with Gasteiger partial charge >= 0.3 is 0 Å². The van der Waals surface area contributed by atoms with Gasteiger partial charge in [-0.05, 0) is 12.1 Å². The third-order valence-corrected chi connectivity index (χ3v) is 4.12. The number of nitro benzene ring substituents is 1. The van der Waals surface area contributed by atoms with Gasteiger partial charge in [0.2, 0.25) is 0 Å². The number of nitro groups is 1. The first-order valence-electron chi connectivity index (χ1n) is 6.77. The van der Waals surface area contributed by atoms with E-state index in [0.29, 0.717) is 21.9 Å². The van der Waals surface area contributed by atoms with E-state index in [0.717, 1.165) is 0 Å². The molecule has 0 spiro atoms. The summed E-state index contributed by atoms with van der Waals surface area (Å²) in [6.07, 6.45) is 0.413. The maximum atomic E-state index is 12.7. The van der Waals surface area contributed by atoms with E-state index < -0.39 is 16.5 Å². The summed E-state index contributed by atoms with van der Waals surface area (Å²) in [6.45, 7) is 0.0433. The lowest BCUT2D eigenvalue weighted by Gasteiger charge is -2.19. The van der Waals surface area contributed by atoms with Crippen LogP contribution in [0.4, 0.5) is 5.69 Å². The molecule has 0 heterocycles. The fraction of sp³-hybridized carbons (Fsp3) is 0.125. The molecule has 0 saturated carbocycles. The van der Waals surface area contributed by atoms with Crippen molar-refractivity contribution in [2.24, 2.45) is 0 Å². The monoisotopic (exact) mass is 366 g/mol. The van der Waals surface area contributed by atoms with Crippen LogP contribution in [-0.2, 0) is 6.54 Å². The quantitative estimate of drug-likeness (QED) is 0.455. The first kappa shape index (κ1) is 17.9. The third-order valence-electron chi connectivity index (χ3n) is 3.42. The van der Waals surface area contributed by atoms with Crippen LogP contribution in [0, 0.1) is 10.1 Å². The average molecular weight is 367 g/mol. The van der Waals surface area contributed by atoms with Crippen molar-refractivity contribution in [1.29, 1.82) is 0 Å². The van der Waals surface area contributed by atoms with E-state index in [4.69, 9.17) is 23.2 Å². The number of amides is 1. The second-order valence-corrected chi connectivity index (χ2v) is 5.79. The van der Waals surface area contributed by atoms with Crippen LogP contribution in [-0.4, -0.2) is 29.1 Å². The minimum Gasteiger partial charge on any atom is -0.337 e. The smallest absolute Gasteiger partial charge is 0.282 e. The molecule has 0 aromatic heterocycles. The maximum absolute atomic E-state index is 12.7. The first-order chi connectivity index (χ1) is 11.4. The maximum Gasteiger partial charge on any atom is 0.282 e. The molecule has 0 aliphatic rings. The fourth-order valence-corrected chi connectivity index (χ4v) is 2.74. The number of rotatable bonds is 5. The molecule has 0 fully saturated rings. The number of benzene rings is 2. The van der Waals surface area contributed by atoms with Gasteiger partial charge in [0, 0.05) is 40.8 Å². The van der Waals surface area contributed by atoms with Crippen molar-refractivity contribution >= 4 is 41.1 Å². The summed E-state index contributed by atoms with van der Waals surface area (Å²) in [7, 11) is 1.45. The van der Waals surface area contributed by atoms with Gasteiger partial charge in [-0.15, -0.1) is 0 Å². The Bertz CT molecular complexity index is 803. The summed E-state index contributed by atoms with van der Waals surface area (Å²) in [4.78, 5) is 35.5. The Hall–Kier alpha value is -2.44. The molecule has 2 aromatic rings. The molecule has 0 bridgehead atoms. The second kappa shape index (κ2) is 7.42. The van der Waals surface area contributed by atoms with E-state index in [9.17, 15) is 19.7 Å². The second-order valence-electron chi connectivity index (χ2n) is 4.98. The molecule has 124 valence electrons. The number of hydrogen-bond acceptors (Lipinski definition) is 4. The molecule has 6 nitrogen and oxygen atoms in total. The molecule has 0 N–H and O–H groups in total. The number of halogens is 2. The topological polar surface area (TPSA) is 80.5 Å². The van der Waals surface area contributed by atoms with Crippen molar-refractivity contribution in [3.63, 3.8) is 0 Å². The van der Waals surface area contributed by atoms with Crippen LogP contribution in [0.2, 0.25) is 10.0 Å². The standard InChI is InChI=1S/C16H12Cl2N2O4/c1-19(8-11-12(17)5-3-6-13(11)18)16(22)15-10(9-21)4-2-7-14(15)20(23)24/h2-7,9H,8H2,1H3. The lowest BCUT2D eigenvalue weighted by atomic mass is 10.0. The van der Waals surface area contributed by atoms with Gasteiger partial charge in [-0.1, -0.05) is 41.4 Å². The van der Waals surface area contributed by atoms with E-state index in [1.807, 2.05) is 0 Å². The van der Waals surface area contributed by atoms with Gasteiger partial charge in [-0.25, -0.2) is 0 Å². The molecule has 24 heavy (non-hydrogen) atoms. The Morgan fingerprint density at radius 3 is 2.33 bits per heavy atom. The van der Waals surface area contributed by atoms with Crippen molar-refractivity contribution in [3.8, 4) is 0 Å². The fourth-order valence-electron chi connectivity index (χ4n) is 2.22. The van der Waals surface area contributed by atoms with Crippen LogP contribution in [0.5, 0.6) is 0 Å². The van der Waals surface area contributed by atoms with Gasteiger partial charge in [-0.2, -0.15) is 0 Å². The molecule has 8 heteroatoms. The summed E-state index contributed by atoms with van der Waals surface area (Å²) in [5.41, 5.74) is -0.223. The summed E-state index contributed by atoms with van der Waals surface area (Å²) >= 11 is 12.2. The number of carbonyl (C=O) groups is 2. The minimum absolute atomic E-state index is 0.0433. The lowest BCUT2D eigenvalue weighted by Crippen LogP contribution is -2.28. The summed E-state index contributed by atoms with van der Waals surface area (Å²) in [5, 5.41) is 11.9. The molecule has 0 radical (unpaired) electrons. The van der Waals surface area contributed by atoms with E-state index >= 15 is 0 Å². The number of aldehydes is 1. The van der Waals surface area contributed by atoms with Crippen LogP contribution < -0.4 is 0 Å². The highest BCUT2D eigenvalue weighted by Gasteiger charge is 2.26. The van der Waals surface area contributed by atoms with E-state index in [2.05, 4.69) is 0 Å². The van der Waals surface area contributed by atoms with Crippen molar-refractivity contribution in [2.45, 2.75) is 6.54 Å². The van der Waals surface area contributed by atoms with Gasteiger partial charge in [-0.3, -0.25) is 19.7 Å². The number of carbonyl (C=O) groups excluding carboxylic acids is 2. The SMILES string of the molecule is CN(Cc1c(Cl)cccc1Cl)C(=O)c1c(C=O)cccc1[N+](=O)[O-]. The van der Waals surface area contributed by atoms with Crippen LogP contribution in [0.15, 0.2) is 36.4 Å². The highest BCUT2D eigenvalue weighted by Crippen LogP contribution is 2.27. The minimum atomic E-state index is -0.698. The Morgan fingerprint density at radius 2 is 1.79 bits per heavy atom. The first-order valence-corrected chi connectivity index (χ1v) is 7.53. The molecule has 0 atom stereocenters. The van der Waals surface area contributed by atoms with Crippen LogP contribution in [0.1, 0.15) is 26.3 Å². The van der Waals surface area contributed by atoms with Crippen LogP contribution in [0.3, 0.4) is 0 Å².